The van der Waals surface area contributed by atoms with Gasteiger partial charge in [-0.3, -0.25) is 4.90 Å². The van der Waals surface area contributed by atoms with Gasteiger partial charge < -0.3 is 0 Å². The normalized spacial score (nSPS) is 10.0. The summed E-state index contributed by atoms with van der Waals surface area (Å²) in [6.07, 6.45) is 2.09. The molecule has 0 heterocycles. The van der Waals surface area contributed by atoms with Crippen molar-refractivity contribution in [1.29, 1.82) is 0 Å². The minimum absolute atomic E-state index is 0.858. The van der Waals surface area contributed by atoms with Crippen molar-refractivity contribution in [2.45, 2.75) is 18.7 Å². The van der Waals surface area contributed by atoms with Crippen LogP contribution >= 0.6 is 11.8 Å². The Labute approximate surface area is 103 Å². The second-order valence-corrected chi connectivity index (χ2v) is 4.37. The summed E-state index contributed by atoms with van der Waals surface area (Å²) in [4.78, 5) is 3.58. The maximum atomic E-state index is 3.22. The Morgan fingerprint density at radius 1 is 1.25 bits per heavy atom. The van der Waals surface area contributed by atoms with Crippen LogP contribution in [0, 0.1) is 11.8 Å². The third-order valence-corrected chi connectivity index (χ3v) is 3.22. The summed E-state index contributed by atoms with van der Waals surface area (Å²) in [5.74, 6) is 6.44. The van der Waals surface area contributed by atoms with Gasteiger partial charge in [0.15, 0.2) is 0 Å². The SMILES string of the molecule is CCN(CC)CC#Cc1cccc(SC)c1. The maximum absolute atomic E-state index is 3.22. The van der Waals surface area contributed by atoms with Gasteiger partial charge in [0, 0.05) is 10.5 Å². The quantitative estimate of drug-likeness (QED) is 0.581. The van der Waals surface area contributed by atoms with Gasteiger partial charge in [0.25, 0.3) is 0 Å². The van der Waals surface area contributed by atoms with E-state index in [-0.39, 0.29) is 0 Å². The van der Waals surface area contributed by atoms with Crippen molar-refractivity contribution in [2.75, 3.05) is 25.9 Å². The Balaban J connectivity index is 2.61. The third kappa shape index (κ3) is 4.30. The van der Waals surface area contributed by atoms with E-state index in [2.05, 4.69) is 61.1 Å². The summed E-state index contributed by atoms with van der Waals surface area (Å²) >= 11 is 1.75. The highest BCUT2D eigenvalue weighted by Gasteiger charge is 1.94. The lowest BCUT2D eigenvalue weighted by molar-refractivity contribution is 0.342. The molecule has 2 heteroatoms. The summed E-state index contributed by atoms with van der Waals surface area (Å²) in [5.41, 5.74) is 1.11. The first-order valence-electron chi connectivity index (χ1n) is 5.65. The Hall–Kier alpha value is -0.910. The standard InChI is InChI=1S/C14H19NS/c1-4-15(5-2)11-7-9-13-8-6-10-14(12-13)16-3/h6,8,10,12H,4-5,11H2,1-3H3. The van der Waals surface area contributed by atoms with Gasteiger partial charge in [-0.15, -0.1) is 11.8 Å². The smallest absolute Gasteiger partial charge is 0.0605 e. The van der Waals surface area contributed by atoms with E-state index in [1.165, 1.54) is 4.90 Å². The number of thioether (sulfide) groups is 1. The molecule has 1 aromatic carbocycles. The molecule has 0 atom stereocenters. The highest BCUT2D eigenvalue weighted by molar-refractivity contribution is 7.98. The van der Waals surface area contributed by atoms with Gasteiger partial charge >= 0.3 is 0 Å². The van der Waals surface area contributed by atoms with Gasteiger partial charge in [0.1, 0.15) is 0 Å². The molecule has 0 aliphatic heterocycles. The predicted molar refractivity (Wildman–Crippen MR) is 72.9 cm³/mol. The van der Waals surface area contributed by atoms with Crippen LogP contribution in [0.4, 0.5) is 0 Å². The van der Waals surface area contributed by atoms with Crippen molar-refractivity contribution in [3.63, 3.8) is 0 Å². The van der Waals surface area contributed by atoms with Crippen LogP contribution in [0.25, 0.3) is 0 Å². The molecule has 0 aliphatic carbocycles. The van der Waals surface area contributed by atoms with E-state index in [0.29, 0.717) is 0 Å². The largest absolute Gasteiger partial charge is 0.293 e. The molecular formula is C14H19NS. The zero-order valence-electron chi connectivity index (χ0n) is 10.3. The van der Waals surface area contributed by atoms with E-state index in [1.54, 1.807) is 11.8 Å². The lowest BCUT2D eigenvalue weighted by Crippen LogP contribution is -2.22. The molecule has 0 radical (unpaired) electrons. The minimum atomic E-state index is 0.858. The highest BCUT2D eigenvalue weighted by atomic mass is 32.2. The summed E-state index contributed by atoms with van der Waals surface area (Å²) in [7, 11) is 0. The molecule has 0 N–H and O–H groups in total. The maximum Gasteiger partial charge on any atom is 0.0605 e. The number of benzene rings is 1. The first-order valence-corrected chi connectivity index (χ1v) is 6.87. The van der Waals surface area contributed by atoms with E-state index in [4.69, 9.17) is 0 Å². The van der Waals surface area contributed by atoms with Crippen molar-refractivity contribution in [3.05, 3.63) is 29.8 Å². The summed E-state index contributed by atoms with van der Waals surface area (Å²) in [5, 5.41) is 0. The zero-order valence-corrected chi connectivity index (χ0v) is 11.1. The van der Waals surface area contributed by atoms with Crippen molar-refractivity contribution in [3.8, 4) is 11.8 Å². The molecule has 1 nitrogen and oxygen atoms in total. The Bertz CT molecular complexity index is 372. The molecule has 0 unspecified atom stereocenters. The summed E-state index contributed by atoms with van der Waals surface area (Å²) < 4.78 is 0. The monoisotopic (exact) mass is 233 g/mol. The van der Waals surface area contributed by atoms with Crippen LogP contribution in [0.1, 0.15) is 19.4 Å². The molecule has 0 aliphatic rings. The predicted octanol–water partition coefficient (Wildman–Crippen LogP) is 3.10. The van der Waals surface area contributed by atoms with Crippen LogP contribution in [-0.4, -0.2) is 30.8 Å². The molecule has 0 aromatic heterocycles. The van der Waals surface area contributed by atoms with Gasteiger partial charge in [-0.1, -0.05) is 31.8 Å². The Morgan fingerprint density at radius 3 is 2.62 bits per heavy atom. The van der Waals surface area contributed by atoms with Gasteiger partial charge in [0.05, 0.1) is 6.54 Å². The molecule has 0 fully saturated rings. The van der Waals surface area contributed by atoms with E-state index < -0.39 is 0 Å². The summed E-state index contributed by atoms with van der Waals surface area (Å²) in [6.45, 7) is 7.32. The number of rotatable bonds is 4. The van der Waals surface area contributed by atoms with E-state index in [0.717, 1.165) is 25.2 Å². The average Bonchev–Trinajstić information content (AvgIpc) is 2.35. The molecule has 86 valence electrons. The first-order chi connectivity index (χ1) is 7.80. The van der Waals surface area contributed by atoms with Crippen molar-refractivity contribution in [1.82, 2.24) is 4.90 Å². The van der Waals surface area contributed by atoms with Crippen LogP contribution in [0.3, 0.4) is 0 Å². The van der Waals surface area contributed by atoms with E-state index >= 15 is 0 Å². The number of hydrogen-bond acceptors (Lipinski definition) is 2. The number of nitrogens with zero attached hydrogens (tertiary/aromatic N) is 1. The van der Waals surface area contributed by atoms with Crippen LogP contribution in [-0.2, 0) is 0 Å². The van der Waals surface area contributed by atoms with Crippen LogP contribution < -0.4 is 0 Å². The molecule has 0 saturated carbocycles. The lowest BCUT2D eigenvalue weighted by Gasteiger charge is -2.13. The van der Waals surface area contributed by atoms with E-state index in [9.17, 15) is 0 Å². The average molecular weight is 233 g/mol. The van der Waals surface area contributed by atoms with Crippen molar-refractivity contribution >= 4 is 11.8 Å². The zero-order chi connectivity index (χ0) is 11.8. The highest BCUT2D eigenvalue weighted by Crippen LogP contribution is 2.14. The summed E-state index contributed by atoms with van der Waals surface area (Å²) in [6, 6.07) is 8.38. The molecule has 1 rings (SSSR count). The van der Waals surface area contributed by atoms with Gasteiger partial charge in [-0.2, -0.15) is 0 Å². The minimum Gasteiger partial charge on any atom is -0.293 e. The van der Waals surface area contributed by atoms with Crippen LogP contribution in [0.2, 0.25) is 0 Å². The number of hydrogen-bond donors (Lipinski definition) is 0. The van der Waals surface area contributed by atoms with Gasteiger partial charge in [-0.05, 0) is 37.5 Å². The Kier molecular flexibility index (Phi) is 6.07. The van der Waals surface area contributed by atoms with Gasteiger partial charge in [0.2, 0.25) is 0 Å². The lowest BCUT2D eigenvalue weighted by atomic mass is 10.2. The Morgan fingerprint density at radius 2 is 2.00 bits per heavy atom. The topological polar surface area (TPSA) is 3.24 Å². The van der Waals surface area contributed by atoms with E-state index in [1.807, 2.05) is 0 Å². The third-order valence-electron chi connectivity index (χ3n) is 2.50. The molecule has 1 aromatic rings. The van der Waals surface area contributed by atoms with Crippen molar-refractivity contribution < 1.29 is 0 Å². The fraction of sp³-hybridized carbons (Fsp3) is 0.429. The second-order valence-electron chi connectivity index (χ2n) is 3.50. The van der Waals surface area contributed by atoms with Gasteiger partial charge in [-0.25, -0.2) is 0 Å². The fourth-order valence-electron chi connectivity index (χ4n) is 1.40. The second kappa shape index (κ2) is 7.38. The molecule has 0 amide bonds. The molecule has 0 spiro atoms. The van der Waals surface area contributed by atoms with Crippen molar-refractivity contribution in [2.24, 2.45) is 0 Å². The van der Waals surface area contributed by atoms with Crippen LogP contribution in [0.5, 0.6) is 0 Å². The molecule has 16 heavy (non-hydrogen) atoms. The molecule has 0 saturated heterocycles. The molecular weight excluding hydrogens is 214 g/mol. The van der Waals surface area contributed by atoms with Crippen LogP contribution in [0.15, 0.2) is 29.2 Å². The first kappa shape index (κ1) is 13.2. The molecule has 0 bridgehead atoms. The fourth-order valence-corrected chi connectivity index (χ4v) is 1.86.